The summed E-state index contributed by atoms with van der Waals surface area (Å²) >= 11 is 0. The van der Waals surface area contributed by atoms with Gasteiger partial charge in [-0.15, -0.1) is 0 Å². The van der Waals surface area contributed by atoms with Crippen molar-refractivity contribution < 1.29 is 37.3 Å². The molecule has 1 heterocycles. The number of benzene rings is 2. The maximum Gasteiger partial charge on any atom is 0.459 e. The van der Waals surface area contributed by atoms with Crippen molar-refractivity contribution in [2.75, 3.05) is 12.3 Å². The lowest BCUT2D eigenvalue weighted by Crippen LogP contribution is -2.43. The number of alkyl halides is 1. The van der Waals surface area contributed by atoms with Crippen molar-refractivity contribution in [3.8, 4) is 5.75 Å². The van der Waals surface area contributed by atoms with Gasteiger partial charge in [0.05, 0.1) is 18.8 Å². The van der Waals surface area contributed by atoms with Gasteiger partial charge in [0.1, 0.15) is 30.3 Å². The number of anilines is 1. The van der Waals surface area contributed by atoms with Gasteiger partial charge in [-0.25, -0.2) is 13.8 Å². The van der Waals surface area contributed by atoms with E-state index in [9.17, 15) is 19.3 Å². The van der Waals surface area contributed by atoms with Crippen LogP contribution in [0.25, 0.3) is 0 Å². The van der Waals surface area contributed by atoms with E-state index in [0.717, 1.165) is 10.1 Å². The summed E-state index contributed by atoms with van der Waals surface area (Å²) in [5.74, 6) is -0.640. The summed E-state index contributed by atoms with van der Waals surface area (Å²) < 4.78 is 51.5. The fourth-order valence-corrected chi connectivity index (χ4v) is 5.59. The number of aliphatic hydroxyl groups excluding tert-OH is 1. The van der Waals surface area contributed by atoms with Gasteiger partial charge in [0, 0.05) is 12.6 Å². The highest BCUT2D eigenvalue weighted by molar-refractivity contribution is 7.52. The minimum absolute atomic E-state index is 0.0158. The lowest BCUT2D eigenvalue weighted by atomic mass is 10.1. The predicted molar refractivity (Wildman–Crippen MR) is 147 cm³/mol. The molecule has 2 aromatic carbocycles. The van der Waals surface area contributed by atoms with Crippen molar-refractivity contribution in [2.45, 2.75) is 49.9 Å². The molecule has 0 aliphatic heterocycles. The fraction of sp³-hybridized carbons (Fsp3) is 0.346. The molecule has 1 aliphatic carbocycles. The van der Waals surface area contributed by atoms with Crippen LogP contribution in [-0.4, -0.2) is 59.2 Å². The second kappa shape index (κ2) is 13.0. The Morgan fingerprint density at radius 1 is 1.24 bits per heavy atom. The molecule has 4 rings (SSSR count). The number of aliphatic hydroxyl groups is 1. The molecule has 1 aliphatic rings. The lowest BCUT2D eigenvalue weighted by molar-refractivity contribution is -0.146. The number of halogens is 1. The highest BCUT2D eigenvalue weighted by Crippen LogP contribution is 2.54. The van der Waals surface area contributed by atoms with Crippen LogP contribution in [0.3, 0.4) is 0 Å². The molecule has 6 atom stereocenters. The Kier molecular flexibility index (Phi) is 9.62. The van der Waals surface area contributed by atoms with Crippen LogP contribution >= 0.6 is 7.75 Å². The molecule has 0 spiro atoms. The van der Waals surface area contributed by atoms with Crippen LogP contribution < -0.4 is 21.0 Å². The van der Waals surface area contributed by atoms with Crippen LogP contribution in [0.4, 0.5) is 10.2 Å². The zero-order chi connectivity index (χ0) is 29.6. The van der Waals surface area contributed by atoms with Crippen LogP contribution in [0, 0.1) is 0 Å². The lowest BCUT2D eigenvalue weighted by Gasteiger charge is -2.28. The third-order valence-electron chi connectivity index (χ3n) is 6.41. The van der Waals surface area contributed by atoms with Gasteiger partial charge in [-0.2, -0.15) is 10.1 Å². The first-order valence-electron chi connectivity index (χ1n) is 12.6. The molecule has 1 fully saturated rings. The van der Waals surface area contributed by atoms with Crippen molar-refractivity contribution in [3.63, 3.8) is 0 Å². The molecule has 216 valence electrons. The van der Waals surface area contributed by atoms with Gasteiger partial charge < -0.3 is 24.8 Å². The Morgan fingerprint density at radius 2 is 1.90 bits per heavy atom. The first-order chi connectivity index (χ1) is 19.5. The minimum Gasteiger partial charge on any atom is -0.460 e. The molecule has 41 heavy (non-hydrogen) atoms. The molecule has 2 radical (unpaired) electrons. The Hall–Kier alpha value is -3.55. The molecule has 0 amide bonds. The molecule has 1 aromatic heterocycles. The number of carbonyl (C=O) groups is 1. The van der Waals surface area contributed by atoms with Crippen LogP contribution in [0.1, 0.15) is 24.9 Å². The first kappa shape index (κ1) is 30.4. The van der Waals surface area contributed by atoms with Gasteiger partial charge in [-0.3, -0.25) is 13.9 Å². The molecule has 12 nitrogen and oxygen atoms in total. The summed E-state index contributed by atoms with van der Waals surface area (Å²) in [7, 11) is 0.958. The standard InChI is InChI=1S/C26H29BFN4O8P/c1-17(24(34)37-15-18-8-4-2-5-9-18)31-41(36,40-19-10-6-3-7-11-19)38-16-20(39-27)23(33)26(28)14-21(26)32-13-12-22(29)30-25(32)35/h2-13,17,20-21,23,33H,14-16H2,1H3,(H,31,36)(H2,29,30,35)/t17-,20?,21+,23?,26?,41-/m0/s1. The number of nitrogens with two attached hydrogens (primary N) is 1. The van der Waals surface area contributed by atoms with E-state index in [1.165, 1.54) is 31.3 Å². The number of nitrogens with zero attached hydrogens (tertiary/aromatic N) is 2. The number of hydrogen-bond acceptors (Lipinski definition) is 10. The van der Waals surface area contributed by atoms with E-state index in [1.807, 2.05) is 6.07 Å². The number of para-hydroxylation sites is 1. The Morgan fingerprint density at radius 3 is 2.54 bits per heavy atom. The smallest absolute Gasteiger partial charge is 0.459 e. The number of ether oxygens (including phenoxy) is 1. The third-order valence-corrected chi connectivity index (χ3v) is 8.06. The summed E-state index contributed by atoms with van der Waals surface area (Å²) in [4.78, 5) is 28.3. The number of aromatic nitrogens is 2. The van der Waals surface area contributed by atoms with Crippen molar-refractivity contribution in [1.82, 2.24) is 14.6 Å². The summed E-state index contributed by atoms with van der Waals surface area (Å²) in [5, 5.41) is 13.3. The van der Waals surface area contributed by atoms with Gasteiger partial charge in [0.2, 0.25) is 0 Å². The fourth-order valence-electron chi connectivity index (χ4n) is 4.09. The molecule has 0 bridgehead atoms. The van der Waals surface area contributed by atoms with Gasteiger partial charge in [-0.1, -0.05) is 48.5 Å². The molecule has 15 heteroatoms. The maximum atomic E-state index is 15.6. The Balaban J connectivity index is 1.44. The van der Waals surface area contributed by atoms with Crippen LogP contribution in [0.5, 0.6) is 5.75 Å². The van der Waals surface area contributed by atoms with E-state index in [1.54, 1.807) is 42.5 Å². The number of carbonyl (C=O) groups excluding carboxylic acids is 1. The second-order valence-corrected chi connectivity index (χ2v) is 11.1. The van der Waals surface area contributed by atoms with Gasteiger partial charge in [-0.05, 0) is 30.7 Å². The van der Waals surface area contributed by atoms with E-state index >= 15 is 4.39 Å². The van der Waals surface area contributed by atoms with Crippen molar-refractivity contribution >= 4 is 27.6 Å². The topological polar surface area (TPSA) is 164 Å². The molecular weight excluding hydrogens is 557 g/mol. The summed E-state index contributed by atoms with van der Waals surface area (Å²) in [6, 6.07) is 16.0. The largest absolute Gasteiger partial charge is 0.460 e. The molecule has 4 N–H and O–H groups in total. The van der Waals surface area contributed by atoms with Crippen LogP contribution in [-0.2, 0) is 29.9 Å². The quantitative estimate of drug-likeness (QED) is 0.144. The van der Waals surface area contributed by atoms with Gasteiger partial charge in [0.15, 0.2) is 5.67 Å². The highest BCUT2D eigenvalue weighted by atomic mass is 31.2. The highest BCUT2D eigenvalue weighted by Gasteiger charge is 2.64. The number of hydrogen-bond donors (Lipinski definition) is 3. The molecule has 3 aromatic rings. The SMILES string of the molecule is [B]OC(CO[P@@](=O)(N[C@@H](C)C(=O)OCc1ccccc1)Oc1ccccc1)C(O)C1(F)C[C@H]1n1ccc(N)nc1=O. The zero-order valence-corrected chi connectivity index (χ0v) is 22.9. The predicted octanol–water partition coefficient (Wildman–Crippen LogP) is 2.23. The average Bonchev–Trinajstić information content (AvgIpc) is 3.64. The summed E-state index contributed by atoms with van der Waals surface area (Å²) in [6.07, 6.45) is -2.43. The number of rotatable bonds is 14. The molecule has 3 unspecified atom stereocenters. The average molecular weight is 586 g/mol. The molecule has 0 saturated heterocycles. The zero-order valence-electron chi connectivity index (χ0n) is 22.0. The van der Waals surface area contributed by atoms with Crippen LogP contribution in [0.15, 0.2) is 77.7 Å². The monoisotopic (exact) mass is 586 g/mol. The number of esters is 1. The molecular formula is C26H29BFN4O8P. The minimum atomic E-state index is -4.37. The number of nitrogens with one attached hydrogen (secondary N) is 1. The van der Waals surface area contributed by atoms with E-state index in [4.69, 9.17) is 32.2 Å². The van der Waals surface area contributed by atoms with E-state index in [0.29, 0.717) is 0 Å². The van der Waals surface area contributed by atoms with E-state index in [-0.39, 0.29) is 24.6 Å². The Labute approximate surface area is 236 Å². The molecule has 1 saturated carbocycles. The van der Waals surface area contributed by atoms with E-state index < -0.39 is 56.0 Å². The first-order valence-corrected chi connectivity index (χ1v) is 14.1. The Bertz CT molecular complexity index is 1440. The third kappa shape index (κ3) is 7.60. The summed E-state index contributed by atoms with van der Waals surface area (Å²) in [5.41, 5.74) is 3.11. The van der Waals surface area contributed by atoms with E-state index in [2.05, 4.69) is 10.1 Å². The van der Waals surface area contributed by atoms with Gasteiger partial charge >= 0.3 is 19.4 Å². The second-order valence-electron chi connectivity index (χ2n) is 9.45. The van der Waals surface area contributed by atoms with Gasteiger partial charge in [0.25, 0.3) is 8.05 Å². The van der Waals surface area contributed by atoms with Crippen LogP contribution in [0.2, 0.25) is 0 Å². The summed E-state index contributed by atoms with van der Waals surface area (Å²) in [6.45, 7) is 0.666. The van der Waals surface area contributed by atoms with Crippen molar-refractivity contribution in [1.29, 1.82) is 0 Å². The van der Waals surface area contributed by atoms with Crippen molar-refractivity contribution in [3.05, 3.63) is 89.0 Å². The number of nitrogen functional groups attached to an aromatic ring is 1. The van der Waals surface area contributed by atoms with Crippen molar-refractivity contribution in [2.24, 2.45) is 0 Å². The normalized spacial score (nSPS) is 21.7. The maximum absolute atomic E-state index is 15.6.